The summed E-state index contributed by atoms with van der Waals surface area (Å²) in [6.07, 6.45) is 10.6. The Morgan fingerprint density at radius 3 is 2.69 bits per heavy atom. The third-order valence-corrected chi connectivity index (χ3v) is 4.06. The Labute approximate surface area is 153 Å². The summed E-state index contributed by atoms with van der Waals surface area (Å²) in [6.45, 7) is 2.71. The van der Waals surface area contributed by atoms with Crippen molar-refractivity contribution in [3.63, 3.8) is 0 Å². The van der Waals surface area contributed by atoms with E-state index in [-0.39, 0.29) is 12.5 Å². The summed E-state index contributed by atoms with van der Waals surface area (Å²) in [6, 6.07) is 11.8. The highest BCUT2D eigenvalue weighted by Gasteiger charge is 2.22. The van der Waals surface area contributed by atoms with Crippen LogP contribution in [0.3, 0.4) is 0 Å². The first-order valence-electron chi connectivity index (χ1n) is 8.31. The lowest BCUT2D eigenvalue weighted by Gasteiger charge is -2.20. The van der Waals surface area contributed by atoms with E-state index in [2.05, 4.69) is 16.0 Å². The van der Waals surface area contributed by atoms with Crippen molar-refractivity contribution in [2.45, 2.75) is 13.5 Å². The van der Waals surface area contributed by atoms with Crippen LogP contribution >= 0.6 is 0 Å². The van der Waals surface area contributed by atoms with E-state index >= 15 is 0 Å². The minimum Gasteiger partial charge on any atom is -0.323 e. The van der Waals surface area contributed by atoms with Crippen molar-refractivity contribution in [1.82, 2.24) is 19.7 Å². The second kappa shape index (κ2) is 7.66. The second-order valence-corrected chi connectivity index (χ2v) is 6.16. The minimum absolute atomic E-state index is 0.143. The van der Waals surface area contributed by atoms with Gasteiger partial charge < -0.3 is 4.90 Å². The number of benzene rings is 1. The van der Waals surface area contributed by atoms with Gasteiger partial charge in [-0.05, 0) is 24.6 Å². The zero-order chi connectivity index (χ0) is 18.5. The molecule has 1 amide bonds. The molecule has 0 saturated carbocycles. The molecule has 2 aromatic heterocycles. The van der Waals surface area contributed by atoms with E-state index in [1.165, 1.54) is 5.56 Å². The number of pyridine rings is 1. The standard InChI is InChI=1S/C21H20N4O/c1-4-12-25(14-17-9-7-16(2)8-10-17)21(26)19-15-24(3)23-20(19)18-6-5-11-22-13-18/h1,5-11,13,15H,12,14H2,2-3H3. The molecule has 2 heterocycles. The predicted molar refractivity (Wildman–Crippen MR) is 101 cm³/mol. The maximum atomic E-state index is 13.2. The number of hydrogen-bond acceptors (Lipinski definition) is 3. The van der Waals surface area contributed by atoms with Gasteiger partial charge in [0.15, 0.2) is 0 Å². The fourth-order valence-electron chi connectivity index (χ4n) is 2.75. The van der Waals surface area contributed by atoms with Crippen LogP contribution in [0, 0.1) is 19.3 Å². The number of carbonyl (C=O) groups excluding carboxylic acids is 1. The highest BCUT2D eigenvalue weighted by atomic mass is 16.2. The molecule has 0 atom stereocenters. The lowest BCUT2D eigenvalue weighted by Crippen LogP contribution is -2.31. The van der Waals surface area contributed by atoms with Gasteiger partial charge in [0.05, 0.1) is 12.1 Å². The summed E-state index contributed by atoms with van der Waals surface area (Å²) in [5.74, 6) is 2.44. The van der Waals surface area contributed by atoms with E-state index in [9.17, 15) is 4.79 Å². The van der Waals surface area contributed by atoms with Crippen LogP contribution < -0.4 is 0 Å². The molecule has 0 unspecified atom stereocenters. The van der Waals surface area contributed by atoms with Gasteiger partial charge in [0.25, 0.3) is 5.91 Å². The summed E-state index contributed by atoms with van der Waals surface area (Å²) >= 11 is 0. The SMILES string of the molecule is C#CCN(Cc1ccc(C)cc1)C(=O)c1cn(C)nc1-c1cccnc1. The van der Waals surface area contributed by atoms with Crippen LogP contribution in [0.1, 0.15) is 21.5 Å². The summed E-state index contributed by atoms with van der Waals surface area (Å²) in [5.41, 5.74) is 4.13. The van der Waals surface area contributed by atoms with Crippen molar-refractivity contribution in [2.75, 3.05) is 6.54 Å². The molecule has 0 aliphatic carbocycles. The van der Waals surface area contributed by atoms with Crippen molar-refractivity contribution < 1.29 is 4.79 Å². The number of nitrogens with zero attached hydrogens (tertiary/aromatic N) is 4. The molecule has 1 aromatic carbocycles. The number of aromatic nitrogens is 3. The molecule has 3 rings (SSSR count). The van der Waals surface area contributed by atoms with Crippen molar-refractivity contribution in [3.05, 3.63) is 71.7 Å². The average molecular weight is 344 g/mol. The normalized spacial score (nSPS) is 10.3. The lowest BCUT2D eigenvalue weighted by atomic mass is 10.1. The molecule has 0 aliphatic rings. The molecule has 130 valence electrons. The van der Waals surface area contributed by atoms with E-state index in [0.717, 1.165) is 11.1 Å². The van der Waals surface area contributed by atoms with Crippen LogP contribution in [0.15, 0.2) is 55.0 Å². The first-order chi connectivity index (χ1) is 12.6. The third kappa shape index (κ3) is 3.81. The monoisotopic (exact) mass is 344 g/mol. The van der Waals surface area contributed by atoms with E-state index < -0.39 is 0 Å². The van der Waals surface area contributed by atoms with Crippen LogP contribution in [-0.4, -0.2) is 32.1 Å². The quantitative estimate of drug-likeness (QED) is 0.669. The van der Waals surface area contributed by atoms with Gasteiger partial charge in [-0.1, -0.05) is 35.7 Å². The Balaban J connectivity index is 1.93. The maximum absolute atomic E-state index is 13.2. The molecule has 0 radical (unpaired) electrons. The van der Waals surface area contributed by atoms with Gasteiger partial charge >= 0.3 is 0 Å². The molecule has 5 heteroatoms. The first-order valence-corrected chi connectivity index (χ1v) is 8.31. The number of aryl methyl sites for hydroxylation is 2. The largest absolute Gasteiger partial charge is 0.323 e. The van der Waals surface area contributed by atoms with Crippen molar-refractivity contribution in [2.24, 2.45) is 7.05 Å². The van der Waals surface area contributed by atoms with Crippen LogP contribution in [0.4, 0.5) is 0 Å². The Morgan fingerprint density at radius 1 is 1.27 bits per heavy atom. The number of carbonyl (C=O) groups is 1. The van der Waals surface area contributed by atoms with Crippen LogP contribution in [0.2, 0.25) is 0 Å². The molecule has 0 fully saturated rings. The summed E-state index contributed by atoms with van der Waals surface area (Å²) in [4.78, 5) is 18.9. The van der Waals surface area contributed by atoms with E-state index in [0.29, 0.717) is 17.8 Å². The number of amides is 1. The summed E-state index contributed by atoms with van der Waals surface area (Å²) in [5, 5.41) is 4.44. The van der Waals surface area contributed by atoms with E-state index in [1.807, 2.05) is 43.3 Å². The van der Waals surface area contributed by atoms with E-state index in [1.54, 1.807) is 35.2 Å². The second-order valence-electron chi connectivity index (χ2n) is 6.16. The molecular weight excluding hydrogens is 324 g/mol. The fourth-order valence-corrected chi connectivity index (χ4v) is 2.75. The van der Waals surface area contributed by atoms with Crippen molar-refractivity contribution >= 4 is 5.91 Å². The molecular formula is C21H20N4O. The van der Waals surface area contributed by atoms with Crippen molar-refractivity contribution in [3.8, 4) is 23.6 Å². The van der Waals surface area contributed by atoms with Gasteiger partial charge in [-0.25, -0.2) is 0 Å². The summed E-state index contributed by atoms with van der Waals surface area (Å²) < 4.78 is 1.63. The smallest absolute Gasteiger partial charge is 0.258 e. The van der Waals surface area contributed by atoms with Gasteiger partial charge in [-0.2, -0.15) is 5.10 Å². The van der Waals surface area contributed by atoms with E-state index in [4.69, 9.17) is 6.42 Å². The first kappa shape index (κ1) is 17.4. The molecule has 0 saturated heterocycles. The fraction of sp³-hybridized carbons (Fsp3) is 0.190. The maximum Gasteiger partial charge on any atom is 0.258 e. The predicted octanol–water partition coefficient (Wildman–Crippen LogP) is 3.07. The molecule has 0 spiro atoms. The molecule has 0 bridgehead atoms. The van der Waals surface area contributed by atoms with Gasteiger partial charge in [-0.15, -0.1) is 6.42 Å². The van der Waals surface area contributed by atoms with Crippen LogP contribution in [0.25, 0.3) is 11.3 Å². The molecule has 0 aliphatic heterocycles. The van der Waals surface area contributed by atoms with Gasteiger partial charge in [0.2, 0.25) is 0 Å². The van der Waals surface area contributed by atoms with Gasteiger partial charge in [0, 0.05) is 37.7 Å². The average Bonchev–Trinajstić information content (AvgIpc) is 3.05. The Bertz CT molecular complexity index is 936. The summed E-state index contributed by atoms with van der Waals surface area (Å²) in [7, 11) is 1.79. The minimum atomic E-state index is -0.143. The molecule has 26 heavy (non-hydrogen) atoms. The topological polar surface area (TPSA) is 51.0 Å². The number of rotatable bonds is 5. The third-order valence-electron chi connectivity index (χ3n) is 4.06. The zero-order valence-electron chi connectivity index (χ0n) is 14.9. The number of terminal acetylenes is 1. The molecule has 3 aromatic rings. The number of hydrogen-bond donors (Lipinski definition) is 0. The highest BCUT2D eigenvalue weighted by Crippen LogP contribution is 2.23. The Kier molecular flexibility index (Phi) is 5.14. The highest BCUT2D eigenvalue weighted by molar-refractivity contribution is 5.99. The van der Waals surface area contributed by atoms with Gasteiger partial charge in [-0.3, -0.25) is 14.5 Å². The molecule has 0 N–H and O–H groups in total. The van der Waals surface area contributed by atoms with Crippen LogP contribution in [0.5, 0.6) is 0 Å². The van der Waals surface area contributed by atoms with Gasteiger partial charge in [0.1, 0.15) is 5.69 Å². The molecule has 5 nitrogen and oxygen atoms in total. The zero-order valence-corrected chi connectivity index (χ0v) is 14.9. The van der Waals surface area contributed by atoms with Crippen LogP contribution in [-0.2, 0) is 13.6 Å². The lowest BCUT2D eigenvalue weighted by molar-refractivity contribution is 0.0766. The Hall–Kier alpha value is -3.39. The Morgan fingerprint density at radius 2 is 2.04 bits per heavy atom. The van der Waals surface area contributed by atoms with Crippen molar-refractivity contribution in [1.29, 1.82) is 0 Å².